The maximum absolute atomic E-state index is 13.0. The molecule has 0 radical (unpaired) electrons. The largest absolute Gasteiger partial charge is 0.487 e. The fourth-order valence-electron chi connectivity index (χ4n) is 1.94. The van der Waals surface area contributed by atoms with Crippen LogP contribution in [-0.2, 0) is 0 Å². The summed E-state index contributed by atoms with van der Waals surface area (Å²) in [6, 6.07) is 5.37. The zero-order valence-corrected chi connectivity index (χ0v) is 12.1. The van der Waals surface area contributed by atoms with Gasteiger partial charge >= 0.3 is 5.69 Å². The minimum Gasteiger partial charge on any atom is -0.487 e. The van der Waals surface area contributed by atoms with E-state index in [1.54, 1.807) is 6.92 Å². The first-order valence-electron chi connectivity index (χ1n) is 6.65. The molecule has 0 aliphatic heterocycles. The average molecular weight is 295 g/mol. The molecule has 0 aliphatic rings. The molecule has 7 heteroatoms. The van der Waals surface area contributed by atoms with Crippen molar-refractivity contribution in [1.29, 1.82) is 5.26 Å². The summed E-state index contributed by atoms with van der Waals surface area (Å²) in [5.74, 6) is -0.651. The number of ether oxygens (including phenoxy) is 1. The number of nitrogens with one attached hydrogen (secondary N) is 1. The Labute approximate surface area is 122 Å². The van der Waals surface area contributed by atoms with Gasteiger partial charge in [0.05, 0.1) is 23.7 Å². The molecule has 6 nitrogen and oxygen atoms in total. The van der Waals surface area contributed by atoms with E-state index in [2.05, 4.69) is 11.4 Å². The van der Waals surface area contributed by atoms with Crippen molar-refractivity contribution in [1.82, 2.24) is 5.32 Å². The fraction of sp³-hybridized carbons (Fsp3) is 0.500. The highest BCUT2D eigenvalue weighted by Crippen LogP contribution is 2.27. The third kappa shape index (κ3) is 5.00. The van der Waals surface area contributed by atoms with Crippen LogP contribution < -0.4 is 10.1 Å². The molecule has 0 heterocycles. The molecule has 0 saturated carbocycles. The van der Waals surface area contributed by atoms with E-state index in [-0.39, 0.29) is 12.4 Å². The predicted octanol–water partition coefficient (Wildman–Crippen LogP) is 2.78. The van der Waals surface area contributed by atoms with E-state index in [0.717, 1.165) is 12.1 Å². The average Bonchev–Trinajstić information content (AvgIpc) is 2.45. The zero-order chi connectivity index (χ0) is 15.9. The predicted molar refractivity (Wildman–Crippen MR) is 75.5 cm³/mol. The van der Waals surface area contributed by atoms with Crippen LogP contribution in [0.1, 0.15) is 26.7 Å². The molecule has 1 aromatic rings. The molecule has 1 N–H and O–H groups in total. The van der Waals surface area contributed by atoms with Crippen LogP contribution in [0.2, 0.25) is 0 Å². The van der Waals surface area contributed by atoms with Gasteiger partial charge in [-0.2, -0.15) is 5.26 Å². The second kappa shape index (κ2) is 7.55. The molecule has 0 spiro atoms. The Kier molecular flexibility index (Phi) is 6.06. The highest BCUT2D eigenvalue weighted by atomic mass is 19.1. The monoisotopic (exact) mass is 295 g/mol. The highest BCUT2D eigenvalue weighted by molar-refractivity contribution is 5.46. The summed E-state index contributed by atoms with van der Waals surface area (Å²) >= 11 is 0. The molecule has 0 amide bonds. The van der Waals surface area contributed by atoms with Gasteiger partial charge in [0.25, 0.3) is 0 Å². The van der Waals surface area contributed by atoms with Crippen molar-refractivity contribution in [3.8, 4) is 11.8 Å². The van der Waals surface area contributed by atoms with Crippen molar-refractivity contribution in [3.05, 3.63) is 34.1 Å². The Morgan fingerprint density at radius 1 is 1.57 bits per heavy atom. The molecule has 1 aromatic carbocycles. The van der Waals surface area contributed by atoms with Crippen molar-refractivity contribution < 1.29 is 14.1 Å². The van der Waals surface area contributed by atoms with E-state index < -0.39 is 22.0 Å². The Morgan fingerprint density at radius 2 is 2.29 bits per heavy atom. The lowest BCUT2D eigenvalue weighted by Crippen LogP contribution is -2.40. The van der Waals surface area contributed by atoms with E-state index >= 15 is 0 Å². The van der Waals surface area contributed by atoms with Crippen LogP contribution in [-0.4, -0.2) is 23.6 Å². The van der Waals surface area contributed by atoms with Crippen LogP contribution in [0.15, 0.2) is 18.2 Å². The standard InChI is InChI=1S/C14H18FN3O3/c1-3-17-14(2,10-16)7-4-8-21-13-6-5-11(15)9-12(13)18(19)20/h5-6,9,17H,3-4,7-8H2,1-2H3. The van der Waals surface area contributed by atoms with Crippen LogP contribution in [0.25, 0.3) is 0 Å². The van der Waals surface area contributed by atoms with Gasteiger partial charge in [-0.1, -0.05) is 6.92 Å². The van der Waals surface area contributed by atoms with Gasteiger partial charge in [-0.15, -0.1) is 0 Å². The second-order valence-corrected chi connectivity index (χ2v) is 4.80. The van der Waals surface area contributed by atoms with Crippen LogP contribution in [0.3, 0.4) is 0 Å². The van der Waals surface area contributed by atoms with Gasteiger partial charge in [0.1, 0.15) is 11.4 Å². The van der Waals surface area contributed by atoms with Crippen LogP contribution in [0, 0.1) is 27.3 Å². The van der Waals surface area contributed by atoms with Crippen molar-refractivity contribution in [3.63, 3.8) is 0 Å². The number of benzene rings is 1. The lowest BCUT2D eigenvalue weighted by Gasteiger charge is -2.22. The van der Waals surface area contributed by atoms with E-state index in [9.17, 15) is 14.5 Å². The SMILES string of the molecule is CCNC(C)(C#N)CCCOc1ccc(F)cc1[N+](=O)[O-]. The minimum atomic E-state index is -0.684. The van der Waals surface area contributed by atoms with E-state index in [4.69, 9.17) is 10.00 Å². The van der Waals surface area contributed by atoms with Crippen LogP contribution >= 0.6 is 0 Å². The van der Waals surface area contributed by atoms with Crippen molar-refractivity contribution >= 4 is 5.69 Å². The summed E-state index contributed by atoms with van der Waals surface area (Å²) in [4.78, 5) is 10.1. The van der Waals surface area contributed by atoms with Crippen LogP contribution in [0.5, 0.6) is 5.75 Å². The third-order valence-electron chi connectivity index (χ3n) is 3.01. The minimum absolute atomic E-state index is 0.0310. The molecule has 0 aromatic heterocycles. The topological polar surface area (TPSA) is 88.2 Å². The summed E-state index contributed by atoms with van der Waals surface area (Å²) in [7, 11) is 0. The second-order valence-electron chi connectivity index (χ2n) is 4.80. The summed E-state index contributed by atoms with van der Waals surface area (Å²) in [5, 5.41) is 23.0. The first-order chi connectivity index (χ1) is 9.91. The fourth-order valence-corrected chi connectivity index (χ4v) is 1.94. The van der Waals surface area contributed by atoms with Gasteiger partial charge in [-0.05, 0) is 38.4 Å². The molecule has 21 heavy (non-hydrogen) atoms. The highest BCUT2D eigenvalue weighted by Gasteiger charge is 2.22. The number of rotatable bonds is 8. The Morgan fingerprint density at radius 3 is 2.86 bits per heavy atom. The molecule has 1 atom stereocenters. The Balaban J connectivity index is 2.57. The van der Waals surface area contributed by atoms with Gasteiger partial charge in [-0.3, -0.25) is 15.4 Å². The molecule has 1 rings (SSSR count). The molecule has 0 bridgehead atoms. The Bertz CT molecular complexity index is 545. The summed E-state index contributed by atoms with van der Waals surface area (Å²) < 4.78 is 18.3. The third-order valence-corrected chi connectivity index (χ3v) is 3.01. The maximum Gasteiger partial charge on any atom is 0.313 e. The van der Waals surface area contributed by atoms with Crippen molar-refractivity contribution in [2.45, 2.75) is 32.2 Å². The number of nitro groups is 1. The smallest absolute Gasteiger partial charge is 0.313 e. The quantitative estimate of drug-likeness (QED) is 0.452. The van der Waals surface area contributed by atoms with Gasteiger partial charge < -0.3 is 4.74 Å². The number of halogens is 1. The number of nitriles is 1. The van der Waals surface area contributed by atoms with Crippen molar-refractivity contribution in [2.75, 3.05) is 13.2 Å². The molecule has 1 unspecified atom stereocenters. The number of nitrogens with zero attached hydrogens (tertiary/aromatic N) is 2. The number of hydrogen-bond donors (Lipinski definition) is 1. The summed E-state index contributed by atoms with van der Waals surface area (Å²) in [6.07, 6.45) is 1.10. The maximum atomic E-state index is 13.0. The van der Waals surface area contributed by atoms with Gasteiger partial charge in [0.2, 0.25) is 0 Å². The van der Waals surface area contributed by atoms with Gasteiger partial charge in [-0.25, -0.2) is 4.39 Å². The molecule has 0 saturated heterocycles. The summed E-state index contributed by atoms with van der Waals surface area (Å²) in [5.41, 5.74) is -1.04. The van der Waals surface area contributed by atoms with Crippen molar-refractivity contribution in [2.24, 2.45) is 0 Å². The lowest BCUT2D eigenvalue weighted by molar-refractivity contribution is -0.386. The molecule has 0 aliphatic carbocycles. The molecule has 114 valence electrons. The van der Waals surface area contributed by atoms with Gasteiger partial charge in [0, 0.05) is 0 Å². The van der Waals surface area contributed by atoms with E-state index in [0.29, 0.717) is 19.4 Å². The van der Waals surface area contributed by atoms with Crippen LogP contribution in [0.4, 0.5) is 10.1 Å². The zero-order valence-electron chi connectivity index (χ0n) is 12.1. The molecular weight excluding hydrogens is 277 g/mol. The van der Waals surface area contributed by atoms with Gasteiger partial charge in [0.15, 0.2) is 5.75 Å². The molecule has 0 fully saturated rings. The number of nitro benzene ring substituents is 1. The summed E-state index contributed by atoms with van der Waals surface area (Å²) in [6.45, 7) is 4.59. The number of hydrogen-bond acceptors (Lipinski definition) is 5. The van der Waals surface area contributed by atoms with E-state index in [1.165, 1.54) is 6.07 Å². The lowest BCUT2D eigenvalue weighted by atomic mass is 9.98. The Hall–Kier alpha value is -2.20. The first-order valence-corrected chi connectivity index (χ1v) is 6.65. The first kappa shape index (κ1) is 16.9. The molecular formula is C14H18FN3O3. The normalized spacial score (nSPS) is 13.2. The van der Waals surface area contributed by atoms with E-state index in [1.807, 2.05) is 6.92 Å².